The van der Waals surface area contributed by atoms with E-state index in [1.807, 2.05) is 24.7 Å². The maximum atomic E-state index is 4.61. The fraction of sp³-hybridized carbons (Fsp3) is 0.333. The van der Waals surface area contributed by atoms with E-state index in [-0.39, 0.29) is 12.4 Å². The largest absolute Gasteiger partial charge is 0.337 e. The maximum Gasteiger partial charge on any atom is 0.127 e. The van der Waals surface area contributed by atoms with Gasteiger partial charge in [0, 0.05) is 62.3 Å². The van der Waals surface area contributed by atoms with Gasteiger partial charge >= 0.3 is 0 Å². The molecule has 0 radical (unpaired) electrons. The third-order valence-corrected chi connectivity index (χ3v) is 5.48. The molecule has 7 heteroatoms. The molecule has 1 unspecified atom stereocenters. The van der Waals surface area contributed by atoms with Crippen LogP contribution >= 0.6 is 23.7 Å². The fourth-order valence-electron chi connectivity index (χ4n) is 3.18. The first-order chi connectivity index (χ1) is 11.8. The summed E-state index contributed by atoms with van der Waals surface area (Å²) in [5.41, 5.74) is 1.19. The molecule has 0 saturated carbocycles. The number of aromatic nitrogens is 3. The summed E-state index contributed by atoms with van der Waals surface area (Å²) in [5.74, 6) is 1.12. The van der Waals surface area contributed by atoms with Crippen molar-refractivity contribution >= 4 is 23.7 Å². The van der Waals surface area contributed by atoms with Crippen LogP contribution in [0.25, 0.3) is 10.6 Å². The number of rotatable bonds is 4. The van der Waals surface area contributed by atoms with Crippen molar-refractivity contribution in [2.45, 2.75) is 12.6 Å². The smallest absolute Gasteiger partial charge is 0.127 e. The van der Waals surface area contributed by atoms with Crippen LogP contribution < -0.4 is 5.32 Å². The van der Waals surface area contributed by atoms with Crippen LogP contribution in [0.4, 0.5) is 0 Å². The summed E-state index contributed by atoms with van der Waals surface area (Å²) < 4.78 is 2.12. The highest BCUT2D eigenvalue weighted by atomic mass is 35.5. The molecule has 1 saturated heterocycles. The van der Waals surface area contributed by atoms with E-state index in [4.69, 9.17) is 0 Å². The van der Waals surface area contributed by atoms with Gasteiger partial charge in [0.25, 0.3) is 0 Å². The lowest BCUT2D eigenvalue weighted by Crippen LogP contribution is -2.46. The van der Waals surface area contributed by atoms with Gasteiger partial charge in [0.05, 0.1) is 6.04 Å². The monoisotopic (exact) mass is 375 g/mol. The summed E-state index contributed by atoms with van der Waals surface area (Å²) in [7, 11) is 2.06. The third kappa shape index (κ3) is 3.93. The summed E-state index contributed by atoms with van der Waals surface area (Å²) >= 11 is 1.78. The highest BCUT2D eigenvalue weighted by molar-refractivity contribution is 7.15. The minimum atomic E-state index is 0. The fourth-order valence-corrected chi connectivity index (χ4v) is 4.13. The van der Waals surface area contributed by atoms with Crippen molar-refractivity contribution in [2.24, 2.45) is 7.05 Å². The number of piperazine rings is 1. The van der Waals surface area contributed by atoms with Crippen molar-refractivity contribution in [1.82, 2.24) is 24.8 Å². The number of hydrogen-bond acceptors (Lipinski definition) is 5. The minimum Gasteiger partial charge on any atom is -0.337 e. The molecular weight excluding hydrogens is 354 g/mol. The molecule has 25 heavy (non-hydrogen) atoms. The van der Waals surface area contributed by atoms with Gasteiger partial charge in [-0.3, -0.25) is 4.90 Å². The van der Waals surface area contributed by atoms with Crippen molar-refractivity contribution in [2.75, 3.05) is 19.6 Å². The van der Waals surface area contributed by atoms with E-state index in [1.165, 1.54) is 10.4 Å². The Morgan fingerprint density at radius 3 is 2.84 bits per heavy atom. The zero-order chi connectivity index (χ0) is 16.4. The molecule has 3 heterocycles. The van der Waals surface area contributed by atoms with Crippen LogP contribution in [-0.2, 0) is 13.6 Å². The molecule has 1 aromatic carbocycles. The van der Waals surface area contributed by atoms with Crippen molar-refractivity contribution in [3.63, 3.8) is 0 Å². The van der Waals surface area contributed by atoms with Gasteiger partial charge in [0.15, 0.2) is 0 Å². The molecular formula is C18H22ClN5S. The quantitative estimate of drug-likeness (QED) is 0.761. The highest BCUT2D eigenvalue weighted by Gasteiger charge is 2.27. The predicted molar refractivity (Wildman–Crippen MR) is 104 cm³/mol. The second kappa shape index (κ2) is 8.10. The van der Waals surface area contributed by atoms with E-state index in [0.29, 0.717) is 6.04 Å². The van der Waals surface area contributed by atoms with E-state index in [9.17, 15) is 0 Å². The van der Waals surface area contributed by atoms with E-state index >= 15 is 0 Å². The van der Waals surface area contributed by atoms with Crippen molar-refractivity contribution in [3.8, 4) is 10.6 Å². The average molecular weight is 376 g/mol. The maximum absolute atomic E-state index is 4.61. The number of benzene rings is 1. The van der Waals surface area contributed by atoms with Crippen molar-refractivity contribution in [1.29, 1.82) is 0 Å². The zero-order valence-corrected chi connectivity index (χ0v) is 15.8. The highest BCUT2D eigenvalue weighted by Crippen LogP contribution is 2.28. The van der Waals surface area contributed by atoms with Gasteiger partial charge in [-0.15, -0.1) is 23.7 Å². The summed E-state index contributed by atoms with van der Waals surface area (Å²) in [5, 5.41) is 4.58. The van der Waals surface area contributed by atoms with Gasteiger partial charge in [-0.05, 0) is 0 Å². The second-order valence-electron chi connectivity index (χ2n) is 6.08. The summed E-state index contributed by atoms with van der Waals surface area (Å²) in [6, 6.07) is 10.7. The third-order valence-electron chi connectivity index (χ3n) is 4.44. The van der Waals surface area contributed by atoms with Gasteiger partial charge in [-0.2, -0.15) is 0 Å². The molecule has 0 spiro atoms. The summed E-state index contributed by atoms with van der Waals surface area (Å²) in [4.78, 5) is 13.0. The van der Waals surface area contributed by atoms with Crippen LogP contribution in [0.3, 0.4) is 0 Å². The molecule has 0 bridgehead atoms. The first-order valence-electron chi connectivity index (χ1n) is 8.23. The van der Waals surface area contributed by atoms with Gasteiger partial charge < -0.3 is 9.88 Å². The molecule has 0 aliphatic carbocycles. The van der Waals surface area contributed by atoms with Crippen LogP contribution in [0.5, 0.6) is 0 Å². The molecule has 0 amide bonds. The van der Waals surface area contributed by atoms with Crippen LogP contribution in [0.15, 0.2) is 48.9 Å². The SMILES string of the molecule is Cl.Cn1ccnc1C1CNCCN1Cc1cnc(-c2ccccc2)s1. The predicted octanol–water partition coefficient (Wildman–Crippen LogP) is 3.11. The van der Waals surface area contributed by atoms with E-state index in [1.54, 1.807) is 11.3 Å². The van der Waals surface area contributed by atoms with Crippen molar-refractivity contribution < 1.29 is 0 Å². The molecule has 1 N–H and O–H groups in total. The zero-order valence-electron chi connectivity index (χ0n) is 14.1. The Hall–Kier alpha value is -1.73. The van der Waals surface area contributed by atoms with Crippen LogP contribution in [0.1, 0.15) is 16.7 Å². The molecule has 1 fully saturated rings. The number of aryl methyl sites for hydroxylation is 1. The van der Waals surface area contributed by atoms with Gasteiger partial charge in [-0.1, -0.05) is 30.3 Å². The van der Waals surface area contributed by atoms with E-state index in [2.05, 4.69) is 56.1 Å². The number of thiazole rings is 1. The Morgan fingerprint density at radius 2 is 2.08 bits per heavy atom. The molecule has 1 aliphatic rings. The molecule has 3 aromatic rings. The molecule has 4 rings (SSSR count). The summed E-state index contributed by atoms with van der Waals surface area (Å²) in [6.07, 6.45) is 5.91. The molecule has 2 aromatic heterocycles. The first kappa shape index (κ1) is 18.1. The van der Waals surface area contributed by atoms with Gasteiger partial charge in [0.1, 0.15) is 10.8 Å². The Labute approximate surface area is 158 Å². The second-order valence-corrected chi connectivity index (χ2v) is 7.20. The van der Waals surface area contributed by atoms with Crippen LogP contribution in [-0.4, -0.2) is 39.1 Å². The number of nitrogens with one attached hydrogen (secondary N) is 1. The first-order valence-corrected chi connectivity index (χ1v) is 9.05. The minimum absolute atomic E-state index is 0. The molecule has 1 aliphatic heterocycles. The Kier molecular flexibility index (Phi) is 5.86. The molecule has 5 nitrogen and oxygen atoms in total. The summed E-state index contributed by atoms with van der Waals surface area (Å²) in [6.45, 7) is 3.90. The van der Waals surface area contributed by atoms with Gasteiger partial charge in [-0.25, -0.2) is 9.97 Å². The normalized spacial score (nSPS) is 18.0. The standard InChI is InChI=1S/C18H21N5S.ClH/c1-22-9-8-20-17(22)16-12-19-7-10-23(16)13-15-11-21-18(24-15)14-5-3-2-4-6-14;/h2-6,8-9,11,16,19H,7,10,12-13H2,1H3;1H. The van der Waals surface area contributed by atoms with Crippen molar-refractivity contribution in [3.05, 3.63) is 59.6 Å². The van der Waals surface area contributed by atoms with Gasteiger partial charge in [0.2, 0.25) is 0 Å². The average Bonchev–Trinajstić information content (AvgIpc) is 3.25. The topological polar surface area (TPSA) is 46.0 Å². The Balaban J connectivity index is 0.00000182. The Bertz CT molecular complexity index is 801. The number of nitrogens with zero attached hydrogens (tertiary/aromatic N) is 4. The lowest BCUT2D eigenvalue weighted by molar-refractivity contribution is 0.146. The molecule has 132 valence electrons. The molecule has 1 atom stereocenters. The van der Waals surface area contributed by atoms with E-state index in [0.717, 1.165) is 37.0 Å². The van der Waals surface area contributed by atoms with Crippen LogP contribution in [0.2, 0.25) is 0 Å². The van der Waals surface area contributed by atoms with E-state index < -0.39 is 0 Å². The van der Waals surface area contributed by atoms with Crippen LogP contribution in [0, 0.1) is 0 Å². The Morgan fingerprint density at radius 1 is 1.24 bits per heavy atom. The lowest BCUT2D eigenvalue weighted by Gasteiger charge is -2.35. The number of halogens is 1. The number of imidazole rings is 1. The number of hydrogen-bond donors (Lipinski definition) is 1. The lowest BCUT2D eigenvalue weighted by atomic mass is 10.1.